The highest BCUT2D eigenvalue weighted by Crippen LogP contribution is 2.33. The first-order chi connectivity index (χ1) is 9.20. The van der Waals surface area contributed by atoms with Crippen LogP contribution in [0, 0.1) is 11.3 Å². The molecule has 0 aliphatic carbocycles. The predicted octanol–water partition coefficient (Wildman–Crippen LogP) is 3.74. The number of rotatable bonds is 3. The van der Waals surface area contributed by atoms with Crippen LogP contribution in [0.15, 0.2) is 0 Å². The van der Waals surface area contributed by atoms with Gasteiger partial charge >= 0.3 is 0 Å². The normalized spacial score (nSPS) is 23.6. The average Bonchev–Trinajstić information content (AvgIpc) is 2.75. The molecule has 20 heavy (non-hydrogen) atoms. The van der Waals surface area contributed by atoms with E-state index >= 15 is 0 Å². The minimum absolute atomic E-state index is 0.169. The average molecular weight is 279 g/mol. The lowest BCUT2D eigenvalue weighted by atomic mass is 9.82. The number of likely N-dealkylation sites (tertiary alicyclic amines) is 2. The summed E-state index contributed by atoms with van der Waals surface area (Å²) in [7, 11) is 0. The number of nitrogens with zero attached hydrogens (tertiary/aromatic N) is 2. The molecule has 116 valence electrons. The van der Waals surface area contributed by atoms with Crippen LogP contribution in [0.25, 0.3) is 0 Å². The van der Waals surface area contributed by atoms with Crippen LogP contribution in [0.4, 0.5) is 0 Å². The van der Waals surface area contributed by atoms with Crippen LogP contribution in [0.1, 0.15) is 66.7 Å². The summed E-state index contributed by atoms with van der Waals surface area (Å²) in [6, 6.07) is 0. The summed E-state index contributed by atoms with van der Waals surface area (Å²) >= 11 is 0. The van der Waals surface area contributed by atoms with Gasteiger partial charge in [0.25, 0.3) is 0 Å². The van der Waals surface area contributed by atoms with Crippen LogP contribution in [0.2, 0.25) is 0 Å². The second-order valence-corrected chi connectivity index (χ2v) is 8.32. The zero-order valence-electron chi connectivity index (χ0n) is 14.1. The molecule has 0 spiro atoms. The first kappa shape index (κ1) is 15.8. The molecular formula is C17H33N3. The van der Waals surface area contributed by atoms with Crippen LogP contribution < -0.4 is 0 Å². The van der Waals surface area contributed by atoms with Crippen molar-refractivity contribution in [1.29, 1.82) is 5.41 Å². The molecule has 1 N–H and O–H groups in total. The van der Waals surface area contributed by atoms with Gasteiger partial charge in [-0.15, -0.1) is 0 Å². The third-order valence-corrected chi connectivity index (χ3v) is 5.20. The molecule has 3 nitrogen and oxygen atoms in total. The highest BCUT2D eigenvalue weighted by molar-refractivity contribution is 5.81. The molecule has 0 aromatic carbocycles. The van der Waals surface area contributed by atoms with Crippen molar-refractivity contribution in [2.75, 3.05) is 19.6 Å². The summed E-state index contributed by atoms with van der Waals surface area (Å²) < 4.78 is 0. The number of nitrogens with one attached hydrogen (secondary N) is 1. The summed E-state index contributed by atoms with van der Waals surface area (Å²) in [5, 5.41) is 8.11. The summed E-state index contributed by atoms with van der Waals surface area (Å²) in [6.07, 6.45) is 6.04. The fourth-order valence-electron chi connectivity index (χ4n) is 3.97. The Hall–Kier alpha value is -0.570. The van der Waals surface area contributed by atoms with Gasteiger partial charge < -0.3 is 4.90 Å². The van der Waals surface area contributed by atoms with E-state index in [9.17, 15) is 0 Å². The maximum atomic E-state index is 8.11. The van der Waals surface area contributed by atoms with Crippen molar-refractivity contribution in [3.05, 3.63) is 0 Å². The molecule has 0 radical (unpaired) electrons. The van der Waals surface area contributed by atoms with Crippen LogP contribution in [-0.4, -0.2) is 46.3 Å². The Kier molecular flexibility index (Phi) is 4.48. The van der Waals surface area contributed by atoms with Crippen LogP contribution in [0.3, 0.4) is 0 Å². The Morgan fingerprint density at radius 3 is 2.10 bits per heavy atom. The van der Waals surface area contributed by atoms with E-state index in [0.717, 1.165) is 24.7 Å². The molecule has 0 bridgehead atoms. The fourth-order valence-corrected chi connectivity index (χ4v) is 3.97. The van der Waals surface area contributed by atoms with Crippen molar-refractivity contribution in [3.63, 3.8) is 0 Å². The monoisotopic (exact) mass is 279 g/mol. The van der Waals surface area contributed by atoms with E-state index in [-0.39, 0.29) is 5.54 Å². The van der Waals surface area contributed by atoms with E-state index in [0.29, 0.717) is 5.54 Å². The smallest absolute Gasteiger partial charge is 0.0962 e. The molecule has 2 aliphatic rings. The minimum atomic E-state index is 0.169. The van der Waals surface area contributed by atoms with E-state index in [1.165, 1.54) is 38.8 Å². The Labute approximate surface area is 125 Å². The highest BCUT2D eigenvalue weighted by Gasteiger charge is 2.35. The summed E-state index contributed by atoms with van der Waals surface area (Å²) in [4.78, 5) is 4.97. The molecule has 2 saturated heterocycles. The molecule has 0 unspecified atom stereocenters. The molecule has 2 rings (SSSR count). The van der Waals surface area contributed by atoms with Gasteiger partial charge in [-0.25, -0.2) is 0 Å². The van der Waals surface area contributed by atoms with Crippen molar-refractivity contribution >= 4 is 5.84 Å². The van der Waals surface area contributed by atoms with Gasteiger partial charge in [-0.05, 0) is 79.3 Å². The van der Waals surface area contributed by atoms with Gasteiger partial charge in [0.2, 0.25) is 0 Å². The van der Waals surface area contributed by atoms with Crippen molar-refractivity contribution in [3.8, 4) is 0 Å². The number of amidine groups is 1. The third-order valence-electron chi connectivity index (χ3n) is 5.20. The zero-order valence-corrected chi connectivity index (χ0v) is 14.1. The molecule has 3 heteroatoms. The largest absolute Gasteiger partial charge is 0.355 e. The summed E-state index contributed by atoms with van der Waals surface area (Å²) in [5.74, 6) is 1.69. The van der Waals surface area contributed by atoms with Gasteiger partial charge in [0, 0.05) is 24.0 Å². The molecule has 0 atom stereocenters. The molecule has 2 heterocycles. The lowest BCUT2D eigenvalue weighted by Crippen LogP contribution is -2.49. The maximum Gasteiger partial charge on any atom is 0.0962 e. The van der Waals surface area contributed by atoms with Crippen molar-refractivity contribution in [1.82, 2.24) is 9.80 Å². The van der Waals surface area contributed by atoms with Crippen molar-refractivity contribution < 1.29 is 0 Å². The molecule has 2 aliphatic heterocycles. The standard InChI is InChI=1S/C17H33N3/c1-16(2,3)19-11-8-14(9-12-19)13-17(4,5)20-10-6-7-15(20)18/h14,18H,6-13H2,1-5H3. The number of hydrogen-bond donors (Lipinski definition) is 1. The maximum absolute atomic E-state index is 8.11. The lowest BCUT2D eigenvalue weighted by Gasteiger charge is -2.44. The molecule has 0 saturated carbocycles. The Balaban J connectivity index is 1.87. The third kappa shape index (κ3) is 3.55. The Morgan fingerprint density at radius 2 is 1.65 bits per heavy atom. The first-order valence-corrected chi connectivity index (χ1v) is 8.30. The molecule has 0 aromatic heterocycles. The van der Waals surface area contributed by atoms with Crippen LogP contribution in [-0.2, 0) is 0 Å². The number of piperidine rings is 1. The van der Waals surface area contributed by atoms with E-state index in [1.54, 1.807) is 0 Å². The van der Waals surface area contributed by atoms with E-state index in [2.05, 4.69) is 44.4 Å². The quantitative estimate of drug-likeness (QED) is 0.853. The molecular weight excluding hydrogens is 246 g/mol. The van der Waals surface area contributed by atoms with Gasteiger partial charge in [-0.1, -0.05) is 0 Å². The highest BCUT2D eigenvalue weighted by atomic mass is 15.2. The summed E-state index contributed by atoms with van der Waals surface area (Å²) in [6.45, 7) is 15.2. The fraction of sp³-hybridized carbons (Fsp3) is 0.941. The molecule has 0 aromatic rings. The van der Waals surface area contributed by atoms with Crippen molar-refractivity contribution in [2.45, 2.75) is 77.8 Å². The SMILES string of the molecule is CC(C)(C)N1CCC(CC(C)(C)N2CCCC2=N)CC1. The second-order valence-electron chi connectivity index (χ2n) is 8.32. The predicted molar refractivity (Wildman–Crippen MR) is 86.4 cm³/mol. The minimum Gasteiger partial charge on any atom is -0.355 e. The van der Waals surface area contributed by atoms with Gasteiger partial charge in [0.15, 0.2) is 0 Å². The van der Waals surface area contributed by atoms with E-state index in [1.807, 2.05) is 0 Å². The van der Waals surface area contributed by atoms with Gasteiger partial charge in [0.1, 0.15) is 0 Å². The Bertz CT molecular complexity index is 346. The van der Waals surface area contributed by atoms with Crippen LogP contribution in [0.5, 0.6) is 0 Å². The number of hydrogen-bond acceptors (Lipinski definition) is 2. The first-order valence-electron chi connectivity index (χ1n) is 8.30. The van der Waals surface area contributed by atoms with Gasteiger partial charge in [-0.2, -0.15) is 0 Å². The molecule has 2 fully saturated rings. The Morgan fingerprint density at radius 1 is 1.05 bits per heavy atom. The zero-order chi connectivity index (χ0) is 15.0. The summed E-state index contributed by atoms with van der Waals surface area (Å²) in [5.41, 5.74) is 0.486. The van der Waals surface area contributed by atoms with Crippen molar-refractivity contribution in [2.24, 2.45) is 5.92 Å². The molecule has 0 amide bonds. The van der Waals surface area contributed by atoms with E-state index in [4.69, 9.17) is 5.41 Å². The lowest BCUT2D eigenvalue weighted by molar-refractivity contribution is 0.0690. The van der Waals surface area contributed by atoms with Gasteiger partial charge in [0.05, 0.1) is 5.84 Å². The second kappa shape index (κ2) is 5.67. The van der Waals surface area contributed by atoms with E-state index < -0.39 is 0 Å². The topological polar surface area (TPSA) is 30.3 Å². The van der Waals surface area contributed by atoms with Crippen LogP contribution >= 0.6 is 0 Å². The van der Waals surface area contributed by atoms with Gasteiger partial charge in [-0.3, -0.25) is 10.3 Å².